The molecule has 4 nitrogen and oxygen atoms in total. The molecule has 3 rings (SSSR count). The summed E-state index contributed by atoms with van der Waals surface area (Å²) in [6.07, 6.45) is 4.81. The summed E-state index contributed by atoms with van der Waals surface area (Å²) in [5, 5.41) is 12.4. The Bertz CT molecular complexity index is 603. The molecular weight excluding hydrogens is 242 g/mol. The third-order valence-electron chi connectivity index (χ3n) is 3.50. The Balaban J connectivity index is 1.83. The summed E-state index contributed by atoms with van der Waals surface area (Å²) in [7, 11) is 0. The topological polar surface area (TPSA) is 62.5 Å². The first-order valence-corrected chi connectivity index (χ1v) is 6.40. The number of hydrogen-bond donors (Lipinski definition) is 2. The molecule has 2 N–H and O–H groups in total. The lowest BCUT2D eigenvalue weighted by molar-refractivity contribution is 0.0697. The summed E-state index contributed by atoms with van der Waals surface area (Å²) in [5.41, 5.74) is 2.32. The highest BCUT2D eigenvalue weighted by Gasteiger charge is 2.22. The summed E-state index contributed by atoms with van der Waals surface area (Å²) in [5.74, 6) is 0.134. The molecule has 0 spiro atoms. The molecule has 0 bridgehead atoms. The van der Waals surface area contributed by atoms with Gasteiger partial charge < -0.3 is 14.8 Å². The van der Waals surface area contributed by atoms with Crippen molar-refractivity contribution in [3.63, 3.8) is 0 Å². The first kappa shape index (κ1) is 11.8. The average Bonchev–Trinajstić information content (AvgIpc) is 2.88. The normalized spacial score (nSPS) is 17.8. The van der Waals surface area contributed by atoms with E-state index in [2.05, 4.69) is 5.32 Å². The molecule has 1 unspecified atom stereocenters. The van der Waals surface area contributed by atoms with E-state index < -0.39 is 5.97 Å². The molecule has 0 saturated heterocycles. The number of carboxylic acid groups (broad SMARTS) is 1. The monoisotopic (exact) mass is 257 g/mol. The SMILES string of the molecule is O=C(O)c1cccc(NC2CCCc3occc32)c1. The molecule has 19 heavy (non-hydrogen) atoms. The van der Waals surface area contributed by atoms with Crippen LogP contribution >= 0.6 is 0 Å². The Morgan fingerprint density at radius 1 is 1.37 bits per heavy atom. The highest BCUT2D eigenvalue weighted by molar-refractivity contribution is 5.88. The zero-order valence-electron chi connectivity index (χ0n) is 10.4. The Labute approximate surface area is 111 Å². The maximum atomic E-state index is 11.0. The highest BCUT2D eigenvalue weighted by Crippen LogP contribution is 2.33. The molecule has 1 aliphatic carbocycles. The molecule has 0 amide bonds. The van der Waals surface area contributed by atoms with Gasteiger partial charge in [-0.1, -0.05) is 6.07 Å². The number of furan rings is 1. The summed E-state index contributed by atoms with van der Waals surface area (Å²) in [6.45, 7) is 0. The summed E-state index contributed by atoms with van der Waals surface area (Å²) < 4.78 is 5.45. The van der Waals surface area contributed by atoms with Crippen molar-refractivity contribution < 1.29 is 14.3 Å². The molecule has 0 aliphatic heterocycles. The Morgan fingerprint density at radius 3 is 3.11 bits per heavy atom. The number of rotatable bonds is 3. The van der Waals surface area contributed by atoms with Crippen LogP contribution in [0, 0.1) is 0 Å². The van der Waals surface area contributed by atoms with Gasteiger partial charge in [-0.05, 0) is 37.1 Å². The largest absolute Gasteiger partial charge is 0.478 e. The number of aryl methyl sites for hydroxylation is 1. The summed E-state index contributed by atoms with van der Waals surface area (Å²) in [4.78, 5) is 11.0. The molecule has 0 saturated carbocycles. The minimum atomic E-state index is -0.906. The Kier molecular flexibility index (Phi) is 2.99. The fourth-order valence-electron chi connectivity index (χ4n) is 2.58. The van der Waals surface area contributed by atoms with Crippen LogP contribution in [0.15, 0.2) is 41.0 Å². The molecule has 0 fully saturated rings. The lowest BCUT2D eigenvalue weighted by Crippen LogP contribution is -2.16. The first-order chi connectivity index (χ1) is 9.24. The van der Waals surface area contributed by atoms with Crippen LogP contribution in [0.1, 0.15) is 40.6 Å². The molecule has 4 heteroatoms. The van der Waals surface area contributed by atoms with Gasteiger partial charge in [-0.15, -0.1) is 0 Å². The fraction of sp³-hybridized carbons (Fsp3) is 0.267. The number of benzene rings is 1. The van der Waals surface area contributed by atoms with E-state index in [-0.39, 0.29) is 6.04 Å². The lowest BCUT2D eigenvalue weighted by atomic mass is 9.93. The van der Waals surface area contributed by atoms with Crippen LogP contribution in [0.2, 0.25) is 0 Å². The minimum Gasteiger partial charge on any atom is -0.478 e. The summed E-state index contributed by atoms with van der Waals surface area (Å²) >= 11 is 0. The number of hydrogen-bond acceptors (Lipinski definition) is 3. The van der Waals surface area contributed by atoms with Crippen molar-refractivity contribution in [1.29, 1.82) is 0 Å². The molecule has 0 radical (unpaired) electrons. The van der Waals surface area contributed by atoms with Gasteiger partial charge >= 0.3 is 5.97 Å². The minimum absolute atomic E-state index is 0.201. The van der Waals surface area contributed by atoms with E-state index >= 15 is 0 Å². The van der Waals surface area contributed by atoms with Gasteiger partial charge in [0.1, 0.15) is 5.76 Å². The smallest absolute Gasteiger partial charge is 0.335 e. The van der Waals surface area contributed by atoms with Crippen LogP contribution in [0.25, 0.3) is 0 Å². The van der Waals surface area contributed by atoms with Gasteiger partial charge in [0.05, 0.1) is 17.9 Å². The van der Waals surface area contributed by atoms with E-state index in [1.54, 1.807) is 24.5 Å². The van der Waals surface area contributed by atoms with Crippen LogP contribution in [0.5, 0.6) is 0 Å². The van der Waals surface area contributed by atoms with Gasteiger partial charge in [0.15, 0.2) is 0 Å². The molecule has 2 aromatic rings. The van der Waals surface area contributed by atoms with Crippen molar-refractivity contribution in [2.24, 2.45) is 0 Å². The van der Waals surface area contributed by atoms with Gasteiger partial charge in [0.2, 0.25) is 0 Å². The maximum absolute atomic E-state index is 11.0. The number of anilines is 1. The Hall–Kier alpha value is -2.23. The van der Waals surface area contributed by atoms with Crippen LogP contribution in [0.4, 0.5) is 5.69 Å². The predicted molar refractivity (Wildman–Crippen MR) is 71.4 cm³/mol. The molecule has 1 heterocycles. The fourth-order valence-corrected chi connectivity index (χ4v) is 2.58. The van der Waals surface area contributed by atoms with Gasteiger partial charge in [-0.2, -0.15) is 0 Å². The highest BCUT2D eigenvalue weighted by atomic mass is 16.4. The lowest BCUT2D eigenvalue weighted by Gasteiger charge is -2.23. The van der Waals surface area contributed by atoms with E-state index in [0.29, 0.717) is 5.56 Å². The molecule has 1 atom stereocenters. The van der Waals surface area contributed by atoms with E-state index in [1.165, 1.54) is 5.56 Å². The zero-order chi connectivity index (χ0) is 13.2. The van der Waals surface area contributed by atoms with Gasteiger partial charge in [0, 0.05) is 17.7 Å². The summed E-state index contributed by atoms with van der Waals surface area (Å²) in [6, 6.07) is 9.10. The van der Waals surface area contributed by atoms with Crippen molar-refractivity contribution in [3.8, 4) is 0 Å². The van der Waals surface area contributed by atoms with Crippen LogP contribution in [0.3, 0.4) is 0 Å². The van der Waals surface area contributed by atoms with E-state index in [0.717, 1.165) is 30.7 Å². The van der Waals surface area contributed by atoms with Crippen molar-refractivity contribution in [2.45, 2.75) is 25.3 Å². The van der Waals surface area contributed by atoms with Gasteiger partial charge in [-0.3, -0.25) is 0 Å². The molecular formula is C15H15NO3. The molecule has 98 valence electrons. The molecule has 1 aliphatic rings. The van der Waals surface area contributed by atoms with Crippen LogP contribution in [-0.2, 0) is 6.42 Å². The second kappa shape index (κ2) is 4.80. The third-order valence-corrected chi connectivity index (χ3v) is 3.50. The average molecular weight is 257 g/mol. The number of aromatic carboxylic acids is 1. The van der Waals surface area contributed by atoms with Crippen molar-refractivity contribution in [3.05, 3.63) is 53.5 Å². The van der Waals surface area contributed by atoms with Crippen molar-refractivity contribution in [1.82, 2.24) is 0 Å². The number of carboxylic acids is 1. The van der Waals surface area contributed by atoms with E-state index in [9.17, 15) is 4.79 Å². The number of nitrogens with one attached hydrogen (secondary N) is 1. The number of fused-ring (bicyclic) bond motifs is 1. The molecule has 1 aromatic carbocycles. The van der Waals surface area contributed by atoms with Gasteiger partial charge in [0.25, 0.3) is 0 Å². The quantitative estimate of drug-likeness (QED) is 0.883. The Morgan fingerprint density at radius 2 is 2.26 bits per heavy atom. The second-order valence-electron chi connectivity index (χ2n) is 4.77. The predicted octanol–water partition coefficient (Wildman–Crippen LogP) is 3.47. The van der Waals surface area contributed by atoms with Gasteiger partial charge in [-0.25, -0.2) is 4.79 Å². The van der Waals surface area contributed by atoms with Crippen LogP contribution < -0.4 is 5.32 Å². The standard InChI is InChI=1S/C15H15NO3/c17-15(18)10-3-1-4-11(9-10)16-13-5-2-6-14-12(13)7-8-19-14/h1,3-4,7-9,13,16H,2,5-6H2,(H,17,18). The van der Waals surface area contributed by atoms with E-state index in [1.807, 2.05) is 12.1 Å². The zero-order valence-corrected chi connectivity index (χ0v) is 10.4. The number of carbonyl (C=O) groups is 1. The second-order valence-corrected chi connectivity index (χ2v) is 4.77. The third kappa shape index (κ3) is 2.34. The van der Waals surface area contributed by atoms with Crippen LogP contribution in [-0.4, -0.2) is 11.1 Å². The maximum Gasteiger partial charge on any atom is 0.335 e. The van der Waals surface area contributed by atoms with Crippen molar-refractivity contribution >= 4 is 11.7 Å². The van der Waals surface area contributed by atoms with Crippen molar-refractivity contribution in [2.75, 3.05) is 5.32 Å². The molecule has 1 aromatic heterocycles. The van der Waals surface area contributed by atoms with E-state index in [4.69, 9.17) is 9.52 Å². The first-order valence-electron chi connectivity index (χ1n) is 6.40.